The van der Waals surface area contributed by atoms with Crippen LogP contribution >= 0.6 is 0 Å². The summed E-state index contributed by atoms with van der Waals surface area (Å²) in [6.45, 7) is 2.62. The van der Waals surface area contributed by atoms with Crippen molar-refractivity contribution in [3.63, 3.8) is 0 Å². The van der Waals surface area contributed by atoms with E-state index < -0.39 is 6.10 Å². The summed E-state index contributed by atoms with van der Waals surface area (Å²) in [5.74, 6) is 1.60. The van der Waals surface area contributed by atoms with E-state index >= 15 is 0 Å². The normalized spacial score (nSPS) is 13.4. The molecule has 2 atom stereocenters. The summed E-state index contributed by atoms with van der Waals surface area (Å²) in [4.78, 5) is 0. The molecule has 2 rings (SSSR count). The number of aliphatic hydroxyl groups excluding tert-OH is 1. The maximum atomic E-state index is 10.2. The molecule has 2 aromatic carbocycles. The van der Waals surface area contributed by atoms with Crippen molar-refractivity contribution in [1.82, 2.24) is 5.32 Å². The number of aliphatic hydroxyl groups is 1. The van der Waals surface area contributed by atoms with E-state index in [4.69, 9.17) is 9.47 Å². The van der Waals surface area contributed by atoms with Gasteiger partial charge < -0.3 is 19.9 Å². The largest absolute Gasteiger partial charge is 0.497 e. The summed E-state index contributed by atoms with van der Waals surface area (Å²) < 4.78 is 10.6. The maximum Gasteiger partial charge on any atom is 0.125 e. The fourth-order valence-electron chi connectivity index (χ4n) is 2.53. The molecular weight excluding hydrogens is 290 g/mol. The van der Waals surface area contributed by atoms with Gasteiger partial charge >= 0.3 is 0 Å². The minimum Gasteiger partial charge on any atom is -0.497 e. The van der Waals surface area contributed by atoms with Crippen LogP contribution in [-0.4, -0.2) is 31.9 Å². The first kappa shape index (κ1) is 17.3. The number of benzene rings is 2. The van der Waals surface area contributed by atoms with E-state index in [1.54, 1.807) is 14.2 Å². The van der Waals surface area contributed by atoms with Gasteiger partial charge in [-0.25, -0.2) is 0 Å². The van der Waals surface area contributed by atoms with Crippen LogP contribution in [0.4, 0.5) is 0 Å². The van der Waals surface area contributed by atoms with Crippen LogP contribution < -0.4 is 14.8 Å². The van der Waals surface area contributed by atoms with Gasteiger partial charge in [-0.3, -0.25) is 0 Å². The lowest BCUT2D eigenvalue weighted by Crippen LogP contribution is -2.32. The zero-order valence-electron chi connectivity index (χ0n) is 14.0. The van der Waals surface area contributed by atoms with Crippen LogP contribution in [0.15, 0.2) is 48.5 Å². The van der Waals surface area contributed by atoms with Crippen LogP contribution in [0.2, 0.25) is 0 Å². The summed E-state index contributed by atoms with van der Waals surface area (Å²) in [5, 5.41) is 13.6. The molecule has 0 spiro atoms. The molecule has 0 saturated carbocycles. The first-order chi connectivity index (χ1) is 11.1. The van der Waals surface area contributed by atoms with Crippen LogP contribution in [0.1, 0.15) is 24.2 Å². The van der Waals surface area contributed by atoms with Crippen LogP contribution in [0.5, 0.6) is 11.5 Å². The van der Waals surface area contributed by atoms with E-state index in [-0.39, 0.29) is 6.04 Å². The average molecular weight is 315 g/mol. The molecule has 0 aliphatic carbocycles. The Kier molecular flexibility index (Phi) is 6.44. The molecule has 0 amide bonds. The van der Waals surface area contributed by atoms with Gasteiger partial charge in [-0.2, -0.15) is 0 Å². The van der Waals surface area contributed by atoms with Gasteiger partial charge in [0.25, 0.3) is 0 Å². The molecule has 4 nitrogen and oxygen atoms in total. The molecule has 0 radical (unpaired) electrons. The second-order valence-electron chi connectivity index (χ2n) is 5.62. The Hall–Kier alpha value is -2.04. The predicted molar refractivity (Wildman–Crippen MR) is 92.1 cm³/mol. The van der Waals surface area contributed by atoms with E-state index in [1.165, 1.54) is 0 Å². The van der Waals surface area contributed by atoms with Gasteiger partial charge in [-0.15, -0.1) is 0 Å². The van der Waals surface area contributed by atoms with Crippen LogP contribution in [-0.2, 0) is 6.42 Å². The highest BCUT2D eigenvalue weighted by atomic mass is 16.5. The van der Waals surface area contributed by atoms with Crippen LogP contribution in [0.25, 0.3) is 0 Å². The molecule has 0 aliphatic heterocycles. The number of methoxy groups -OCH3 is 2. The Labute approximate surface area is 138 Å². The van der Waals surface area contributed by atoms with Gasteiger partial charge in [0.05, 0.1) is 20.3 Å². The smallest absolute Gasteiger partial charge is 0.125 e. The zero-order valence-corrected chi connectivity index (χ0v) is 14.0. The molecule has 23 heavy (non-hydrogen) atoms. The Morgan fingerprint density at radius 2 is 1.78 bits per heavy atom. The predicted octanol–water partition coefficient (Wildman–Crippen LogP) is 2.96. The molecule has 0 unspecified atom stereocenters. The van der Waals surface area contributed by atoms with Crippen molar-refractivity contribution in [2.45, 2.75) is 25.5 Å². The Morgan fingerprint density at radius 3 is 2.43 bits per heavy atom. The number of nitrogens with one attached hydrogen (secondary N) is 1. The standard InChI is InChI=1S/C19H25NO3/c1-14(20-13-18(21)15-7-5-4-6-8-15)11-16-9-10-17(22-2)12-19(16)23-3/h4-10,12,14,18,20-21H,11,13H2,1-3H3/t14-,18+/m1/s1. The number of hydrogen-bond acceptors (Lipinski definition) is 4. The first-order valence-electron chi connectivity index (χ1n) is 7.81. The van der Waals surface area contributed by atoms with E-state index in [1.807, 2.05) is 48.5 Å². The van der Waals surface area contributed by atoms with E-state index in [2.05, 4.69) is 12.2 Å². The highest BCUT2D eigenvalue weighted by Gasteiger charge is 2.12. The summed E-state index contributed by atoms with van der Waals surface area (Å²) in [6.07, 6.45) is 0.311. The minimum absolute atomic E-state index is 0.218. The highest BCUT2D eigenvalue weighted by Crippen LogP contribution is 2.25. The van der Waals surface area contributed by atoms with Gasteiger partial charge in [-0.05, 0) is 30.5 Å². The number of rotatable bonds is 8. The highest BCUT2D eigenvalue weighted by molar-refractivity contribution is 5.41. The number of ether oxygens (including phenoxy) is 2. The number of hydrogen-bond donors (Lipinski definition) is 2. The Balaban J connectivity index is 1.91. The molecule has 2 aromatic rings. The Bertz CT molecular complexity index is 601. The van der Waals surface area contributed by atoms with Gasteiger partial charge in [-0.1, -0.05) is 36.4 Å². The third-order valence-corrected chi connectivity index (χ3v) is 3.86. The van der Waals surface area contributed by atoms with Crippen LogP contribution in [0, 0.1) is 0 Å². The lowest BCUT2D eigenvalue weighted by atomic mass is 10.0. The molecule has 4 heteroatoms. The van der Waals surface area contributed by atoms with Gasteiger partial charge in [0, 0.05) is 18.7 Å². The lowest BCUT2D eigenvalue weighted by molar-refractivity contribution is 0.170. The quantitative estimate of drug-likeness (QED) is 0.786. The third kappa shape index (κ3) is 4.98. The van der Waals surface area contributed by atoms with Crippen LogP contribution in [0.3, 0.4) is 0 Å². The topological polar surface area (TPSA) is 50.7 Å². The average Bonchev–Trinajstić information content (AvgIpc) is 2.60. The monoisotopic (exact) mass is 315 g/mol. The van der Waals surface area contributed by atoms with E-state index in [0.717, 1.165) is 29.0 Å². The Morgan fingerprint density at radius 1 is 1.04 bits per heavy atom. The molecule has 2 N–H and O–H groups in total. The molecule has 0 saturated heterocycles. The zero-order chi connectivity index (χ0) is 16.7. The van der Waals surface area contributed by atoms with Gasteiger partial charge in [0.2, 0.25) is 0 Å². The van der Waals surface area contributed by atoms with Crippen molar-refractivity contribution >= 4 is 0 Å². The molecule has 124 valence electrons. The summed E-state index contributed by atoms with van der Waals surface area (Å²) >= 11 is 0. The fourth-order valence-corrected chi connectivity index (χ4v) is 2.53. The van der Waals surface area contributed by atoms with Crippen molar-refractivity contribution in [2.75, 3.05) is 20.8 Å². The molecule has 0 heterocycles. The van der Waals surface area contributed by atoms with Crippen molar-refractivity contribution in [2.24, 2.45) is 0 Å². The third-order valence-electron chi connectivity index (χ3n) is 3.86. The molecular formula is C19H25NO3. The van der Waals surface area contributed by atoms with E-state index in [9.17, 15) is 5.11 Å². The first-order valence-corrected chi connectivity index (χ1v) is 7.81. The molecule has 0 aromatic heterocycles. The molecule has 0 fully saturated rings. The lowest BCUT2D eigenvalue weighted by Gasteiger charge is -2.19. The SMILES string of the molecule is COc1ccc(C[C@@H](C)NC[C@H](O)c2ccccc2)c(OC)c1. The summed E-state index contributed by atoms with van der Waals surface area (Å²) in [6, 6.07) is 15.7. The van der Waals surface area contributed by atoms with Crippen molar-refractivity contribution < 1.29 is 14.6 Å². The molecule has 0 bridgehead atoms. The van der Waals surface area contributed by atoms with Crippen molar-refractivity contribution in [3.8, 4) is 11.5 Å². The van der Waals surface area contributed by atoms with Gasteiger partial charge in [0.15, 0.2) is 0 Å². The second kappa shape index (κ2) is 8.56. The fraction of sp³-hybridized carbons (Fsp3) is 0.368. The second-order valence-corrected chi connectivity index (χ2v) is 5.62. The van der Waals surface area contributed by atoms with Gasteiger partial charge in [0.1, 0.15) is 11.5 Å². The molecule has 0 aliphatic rings. The van der Waals surface area contributed by atoms with Crippen molar-refractivity contribution in [1.29, 1.82) is 0 Å². The maximum absolute atomic E-state index is 10.2. The van der Waals surface area contributed by atoms with Crippen molar-refractivity contribution in [3.05, 3.63) is 59.7 Å². The summed E-state index contributed by atoms with van der Waals surface area (Å²) in [5.41, 5.74) is 2.04. The summed E-state index contributed by atoms with van der Waals surface area (Å²) in [7, 11) is 3.30. The van der Waals surface area contributed by atoms with E-state index in [0.29, 0.717) is 6.54 Å². The minimum atomic E-state index is -0.503.